The van der Waals surface area contributed by atoms with Gasteiger partial charge in [0.05, 0.1) is 26.1 Å². The van der Waals surface area contributed by atoms with E-state index in [1.165, 1.54) is 23.5 Å². The molecule has 0 bridgehead atoms. The minimum Gasteiger partial charge on any atom is -0.493 e. The lowest BCUT2D eigenvalue weighted by atomic mass is 9.95. The molecule has 3 aromatic rings. The lowest BCUT2D eigenvalue weighted by Gasteiger charge is -2.36. The van der Waals surface area contributed by atoms with Crippen molar-refractivity contribution < 1.29 is 49.4 Å². The van der Waals surface area contributed by atoms with Crippen molar-refractivity contribution in [2.45, 2.75) is 56.8 Å². The first-order valence-electron chi connectivity index (χ1n) is 12.1. The zero-order valence-corrected chi connectivity index (χ0v) is 22.3. The average Bonchev–Trinajstić information content (AvgIpc) is 3.31. The highest BCUT2D eigenvalue weighted by atomic mass is 32.1. The maximum absolute atomic E-state index is 14.2. The smallest absolute Gasteiger partial charge is 0.378 e. The first-order chi connectivity index (χ1) is 18.5. The van der Waals surface area contributed by atoms with Gasteiger partial charge in [0.1, 0.15) is 5.75 Å². The summed E-state index contributed by atoms with van der Waals surface area (Å²) in [7, 11) is 0. The normalized spacial score (nSPS) is 12.9. The lowest BCUT2D eigenvalue weighted by Crippen LogP contribution is -2.62. The van der Waals surface area contributed by atoms with Gasteiger partial charge in [0.15, 0.2) is 0 Å². The Morgan fingerprint density at radius 3 is 1.98 bits per heavy atom. The van der Waals surface area contributed by atoms with Crippen LogP contribution in [-0.4, -0.2) is 42.9 Å². The number of alkyl halides is 8. The minimum absolute atomic E-state index is 0.0118. The molecule has 1 aromatic heterocycles. The summed E-state index contributed by atoms with van der Waals surface area (Å²) in [5.74, 6) is -25.3. The number of carbonyl (C=O) groups excluding carboxylic acids is 1. The number of thiophene rings is 1. The number of aryl methyl sites for hydroxylation is 1. The first-order valence-corrected chi connectivity index (χ1v) is 12.9. The fourth-order valence-electron chi connectivity index (χ4n) is 3.61. The zero-order valence-electron chi connectivity index (χ0n) is 21.5. The van der Waals surface area contributed by atoms with Gasteiger partial charge in [-0.25, -0.2) is 4.79 Å². The Labute approximate surface area is 229 Å². The molecule has 0 spiro atoms. The third-order valence-corrected chi connectivity index (χ3v) is 7.28. The fraction of sp³-hybridized carbons (Fsp3) is 0.393. The Hall–Kier alpha value is -3.15. The van der Waals surface area contributed by atoms with E-state index in [1.54, 1.807) is 6.07 Å². The molecule has 0 saturated carbocycles. The second-order valence-electron chi connectivity index (χ2n) is 9.18. The maximum atomic E-state index is 14.2. The van der Waals surface area contributed by atoms with Crippen LogP contribution in [0.25, 0.3) is 20.5 Å². The molecule has 0 aliphatic rings. The molecule has 3 nitrogen and oxygen atoms in total. The summed E-state index contributed by atoms with van der Waals surface area (Å²) in [5, 5.41) is 0.805. The highest BCUT2D eigenvalue weighted by Gasteiger charge is 2.79. The van der Waals surface area contributed by atoms with Crippen LogP contribution in [0.3, 0.4) is 0 Å². The Morgan fingerprint density at radius 2 is 1.43 bits per heavy atom. The standard InChI is InChI=1S/C28H26F8O3S/c1-4-18-5-7-19(8-6-18)22-15-20-9-10-21(16-23(20)40-22)38-13-11-25(29,30)27(33,34)28(35,36)26(31,32)12-14-39-24(37)17(2)3/h5-10,15-16H,2,4,11-14H2,1,3H3. The summed E-state index contributed by atoms with van der Waals surface area (Å²) in [6.45, 7) is 3.74. The van der Waals surface area contributed by atoms with Gasteiger partial charge < -0.3 is 9.47 Å². The van der Waals surface area contributed by atoms with Crippen molar-refractivity contribution in [2.24, 2.45) is 0 Å². The van der Waals surface area contributed by atoms with Gasteiger partial charge in [-0.2, -0.15) is 35.1 Å². The van der Waals surface area contributed by atoms with Crippen molar-refractivity contribution in [3.05, 3.63) is 66.2 Å². The van der Waals surface area contributed by atoms with Crippen LogP contribution < -0.4 is 4.74 Å². The number of carbonyl (C=O) groups is 1. The van der Waals surface area contributed by atoms with Gasteiger partial charge in [-0.1, -0.05) is 37.8 Å². The third kappa shape index (κ3) is 6.42. The van der Waals surface area contributed by atoms with Crippen LogP contribution >= 0.6 is 11.3 Å². The molecule has 1 heterocycles. The monoisotopic (exact) mass is 594 g/mol. The average molecular weight is 595 g/mol. The Morgan fingerprint density at radius 1 is 0.850 bits per heavy atom. The summed E-state index contributed by atoms with van der Waals surface area (Å²) in [5.41, 5.74) is 1.86. The van der Waals surface area contributed by atoms with Crippen LogP contribution in [0.1, 0.15) is 32.3 Å². The number of benzene rings is 2. The number of rotatable bonds is 13. The van der Waals surface area contributed by atoms with Gasteiger partial charge in [-0.3, -0.25) is 0 Å². The van der Waals surface area contributed by atoms with Crippen molar-refractivity contribution >= 4 is 27.4 Å². The Bertz CT molecular complexity index is 1350. The highest BCUT2D eigenvalue weighted by molar-refractivity contribution is 7.22. The molecular weight excluding hydrogens is 568 g/mol. The van der Waals surface area contributed by atoms with Crippen molar-refractivity contribution in [2.75, 3.05) is 13.2 Å². The van der Waals surface area contributed by atoms with Gasteiger partial charge in [0, 0.05) is 15.2 Å². The molecule has 0 N–H and O–H groups in total. The molecule has 40 heavy (non-hydrogen) atoms. The van der Waals surface area contributed by atoms with Crippen LogP contribution in [0.4, 0.5) is 35.1 Å². The molecule has 12 heteroatoms. The largest absolute Gasteiger partial charge is 0.493 e. The topological polar surface area (TPSA) is 35.5 Å². The van der Waals surface area contributed by atoms with Crippen LogP contribution in [0, 0.1) is 0 Å². The van der Waals surface area contributed by atoms with E-state index in [-0.39, 0.29) is 11.3 Å². The van der Waals surface area contributed by atoms with Gasteiger partial charge >= 0.3 is 29.7 Å². The zero-order chi connectivity index (χ0) is 29.9. The van der Waals surface area contributed by atoms with Crippen molar-refractivity contribution in [1.29, 1.82) is 0 Å². The summed E-state index contributed by atoms with van der Waals surface area (Å²) < 4.78 is 123. The van der Waals surface area contributed by atoms with Crippen molar-refractivity contribution in [3.63, 3.8) is 0 Å². The predicted octanol–water partition coefficient (Wildman–Crippen LogP) is 8.95. The molecule has 0 unspecified atom stereocenters. The number of hydrogen-bond acceptors (Lipinski definition) is 4. The minimum atomic E-state index is -6.46. The summed E-state index contributed by atoms with van der Waals surface area (Å²) >= 11 is 1.37. The molecule has 0 atom stereocenters. The number of esters is 1. The third-order valence-electron chi connectivity index (χ3n) is 6.13. The number of halogens is 8. The van der Waals surface area contributed by atoms with E-state index < -0.39 is 55.7 Å². The molecule has 3 rings (SSSR count). The quantitative estimate of drug-likeness (QED) is 0.113. The van der Waals surface area contributed by atoms with E-state index in [0.717, 1.165) is 34.7 Å². The molecule has 2 aromatic carbocycles. The highest BCUT2D eigenvalue weighted by Crippen LogP contribution is 2.54. The fourth-order valence-corrected chi connectivity index (χ4v) is 4.71. The van der Waals surface area contributed by atoms with Crippen LogP contribution in [0.2, 0.25) is 0 Å². The van der Waals surface area contributed by atoms with Crippen LogP contribution in [0.5, 0.6) is 5.75 Å². The number of hydrogen-bond donors (Lipinski definition) is 0. The summed E-state index contributed by atoms with van der Waals surface area (Å²) in [6.07, 6.45) is -3.19. The molecule has 0 aliphatic heterocycles. The van der Waals surface area contributed by atoms with E-state index in [2.05, 4.69) is 11.3 Å². The Kier molecular flexibility index (Phi) is 9.22. The van der Waals surface area contributed by atoms with E-state index in [4.69, 9.17) is 4.74 Å². The van der Waals surface area contributed by atoms with E-state index >= 15 is 0 Å². The molecule has 0 aliphatic carbocycles. The van der Waals surface area contributed by atoms with Crippen molar-refractivity contribution in [3.8, 4) is 16.2 Å². The van der Waals surface area contributed by atoms with Gasteiger partial charge in [-0.05, 0) is 54.1 Å². The van der Waals surface area contributed by atoms with Gasteiger partial charge in [0.25, 0.3) is 0 Å². The lowest BCUT2D eigenvalue weighted by molar-refractivity contribution is -0.368. The second kappa shape index (κ2) is 11.8. The van der Waals surface area contributed by atoms with Gasteiger partial charge in [-0.15, -0.1) is 11.3 Å². The summed E-state index contributed by atoms with van der Waals surface area (Å²) in [6, 6.07) is 14.3. The second-order valence-corrected chi connectivity index (χ2v) is 10.3. The predicted molar refractivity (Wildman–Crippen MR) is 137 cm³/mol. The summed E-state index contributed by atoms with van der Waals surface area (Å²) in [4.78, 5) is 12.1. The molecule has 0 saturated heterocycles. The molecule has 218 valence electrons. The molecule has 0 fully saturated rings. The first kappa shape index (κ1) is 31.4. The molecular formula is C28H26F8O3S. The van der Waals surface area contributed by atoms with Gasteiger partial charge in [0.2, 0.25) is 0 Å². The molecule has 0 amide bonds. The SMILES string of the molecule is C=C(C)C(=O)OCCC(F)(F)C(F)(F)C(F)(F)C(F)(F)CCOc1ccc2cc(-c3ccc(CC)cc3)sc2c1. The van der Waals surface area contributed by atoms with Crippen LogP contribution in [0.15, 0.2) is 60.7 Å². The van der Waals surface area contributed by atoms with E-state index in [1.807, 2.05) is 37.3 Å². The maximum Gasteiger partial charge on any atom is 0.378 e. The van der Waals surface area contributed by atoms with E-state index in [9.17, 15) is 39.9 Å². The molecule has 0 radical (unpaired) electrons. The number of ether oxygens (including phenoxy) is 2. The van der Waals surface area contributed by atoms with Crippen LogP contribution in [-0.2, 0) is 16.0 Å². The number of fused-ring (bicyclic) bond motifs is 1. The Balaban J connectivity index is 1.66. The van der Waals surface area contributed by atoms with Crippen molar-refractivity contribution in [1.82, 2.24) is 0 Å². The van der Waals surface area contributed by atoms with E-state index in [0.29, 0.717) is 4.70 Å².